The van der Waals surface area contributed by atoms with Crippen LogP contribution in [0.2, 0.25) is 0 Å². The van der Waals surface area contributed by atoms with Gasteiger partial charge in [-0.2, -0.15) is 0 Å². The molecule has 0 aromatic rings. The van der Waals surface area contributed by atoms with Gasteiger partial charge in [-0.15, -0.1) is 0 Å². The first-order chi connectivity index (χ1) is 19.0. The van der Waals surface area contributed by atoms with Crippen LogP contribution in [-0.4, -0.2) is 70.0 Å². The van der Waals surface area contributed by atoms with Crippen LogP contribution in [0.3, 0.4) is 0 Å². The molecule has 40 heavy (non-hydrogen) atoms. The molecule has 1 unspecified atom stereocenters. The minimum Gasteiger partial charge on any atom is -0.756 e. The molecule has 0 aliphatic heterocycles. The van der Waals surface area contributed by atoms with E-state index >= 15 is 0 Å². The van der Waals surface area contributed by atoms with Gasteiger partial charge in [-0.05, 0) is 12.8 Å². The number of likely N-dealkylation sites (N-methyl/N-ethyl adjacent to an activating group) is 1. The van der Waals surface area contributed by atoms with Crippen LogP contribution in [0.5, 0.6) is 0 Å². The minimum atomic E-state index is -4.59. The molecule has 0 N–H and O–H groups in total. The monoisotopic (exact) mass is 593 g/mol. The number of hydrogen-bond donors (Lipinski definition) is 0. The number of hydrogen-bond acceptors (Lipinski definition) is 8. The Balaban J connectivity index is 4.27. The summed E-state index contributed by atoms with van der Waals surface area (Å²) >= 11 is 0. The van der Waals surface area contributed by atoms with Crippen LogP contribution >= 0.6 is 7.82 Å². The van der Waals surface area contributed by atoms with E-state index in [9.17, 15) is 19.0 Å². The summed E-state index contributed by atoms with van der Waals surface area (Å²) in [6, 6.07) is 0. The fraction of sp³-hybridized carbons (Fsp3) is 0.933. The lowest BCUT2D eigenvalue weighted by molar-refractivity contribution is -0.870. The lowest BCUT2D eigenvalue weighted by Gasteiger charge is -2.28. The molecule has 10 heteroatoms. The third-order valence-corrected chi connectivity index (χ3v) is 7.59. The maximum absolute atomic E-state index is 12.2. The average molecular weight is 594 g/mol. The number of esters is 2. The third-order valence-electron chi connectivity index (χ3n) is 6.63. The fourth-order valence-corrected chi connectivity index (χ4v) is 4.79. The molecule has 0 amide bonds. The quantitative estimate of drug-likeness (QED) is 0.0426. The number of carbonyl (C=O) groups is 2. The topological polar surface area (TPSA) is 111 Å². The summed E-state index contributed by atoms with van der Waals surface area (Å²) in [5, 5.41) is 0. The Morgan fingerprint density at radius 2 is 1.12 bits per heavy atom. The lowest BCUT2D eigenvalue weighted by Crippen LogP contribution is -2.37. The van der Waals surface area contributed by atoms with E-state index < -0.39 is 26.5 Å². The van der Waals surface area contributed by atoms with Gasteiger partial charge in [0.1, 0.15) is 19.8 Å². The van der Waals surface area contributed by atoms with Crippen LogP contribution < -0.4 is 4.89 Å². The largest absolute Gasteiger partial charge is 0.756 e. The molecule has 0 aliphatic carbocycles. The SMILES string of the molecule is CCCCCCCCCCCCCCCC(=O)OC[C@@H](COP(=O)([O-])OCC[N+](C)(C)C)OC(=O)CCCCC. The Morgan fingerprint density at radius 1 is 0.675 bits per heavy atom. The Hall–Kier alpha value is -0.990. The van der Waals surface area contributed by atoms with Crippen LogP contribution in [0, 0.1) is 0 Å². The van der Waals surface area contributed by atoms with Crippen molar-refractivity contribution in [1.29, 1.82) is 0 Å². The van der Waals surface area contributed by atoms with Gasteiger partial charge in [0.2, 0.25) is 0 Å². The van der Waals surface area contributed by atoms with Gasteiger partial charge in [0.25, 0.3) is 7.82 Å². The minimum absolute atomic E-state index is 0.0279. The Morgan fingerprint density at radius 3 is 1.65 bits per heavy atom. The molecule has 2 atom stereocenters. The van der Waals surface area contributed by atoms with Gasteiger partial charge < -0.3 is 27.9 Å². The molecule has 0 radical (unpaired) electrons. The summed E-state index contributed by atoms with van der Waals surface area (Å²) in [5.74, 6) is -0.860. The summed E-state index contributed by atoms with van der Waals surface area (Å²) in [5.41, 5.74) is 0. The zero-order chi connectivity index (χ0) is 30.1. The van der Waals surface area contributed by atoms with Crippen LogP contribution in [0.25, 0.3) is 0 Å². The molecule has 0 aromatic heterocycles. The number of ether oxygens (including phenoxy) is 2. The van der Waals surface area contributed by atoms with Crippen molar-refractivity contribution in [1.82, 2.24) is 0 Å². The maximum Gasteiger partial charge on any atom is 0.306 e. The van der Waals surface area contributed by atoms with E-state index in [1.165, 1.54) is 64.2 Å². The second-order valence-corrected chi connectivity index (χ2v) is 13.2. The highest BCUT2D eigenvalue weighted by Gasteiger charge is 2.21. The van der Waals surface area contributed by atoms with Gasteiger partial charge in [0.05, 0.1) is 27.7 Å². The maximum atomic E-state index is 12.2. The van der Waals surface area contributed by atoms with E-state index in [0.717, 1.165) is 32.1 Å². The molecule has 9 nitrogen and oxygen atoms in total. The van der Waals surface area contributed by atoms with Crippen LogP contribution in [0.4, 0.5) is 0 Å². The molecule has 0 saturated carbocycles. The van der Waals surface area contributed by atoms with Gasteiger partial charge in [-0.1, -0.05) is 104 Å². The summed E-state index contributed by atoms with van der Waals surface area (Å²) in [7, 11) is 1.17. The number of quaternary nitrogens is 1. The van der Waals surface area contributed by atoms with Crippen molar-refractivity contribution < 1.29 is 42.1 Å². The first-order valence-electron chi connectivity index (χ1n) is 15.7. The highest BCUT2D eigenvalue weighted by Crippen LogP contribution is 2.38. The normalized spacial score (nSPS) is 14.1. The van der Waals surface area contributed by atoms with Crippen LogP contribution in [-0.2, 0) is 32.7 Å². The predicted octanol–water partition coefficient (Wildman–Crippen LogP) is 6.71. The molecule has 0 bridgehead atoms. The number of phosphoric acid groups is 1. The van der Waals surface area contributed by atoms with Crippen LogP contribution in [0.1, 0.15) is 129 Å². The predicted molar refractivity (Wildman–Crippen MR) is 158 cm³/mol. The Bertz CT molecular complexity index is 683. The highest BCUT2D eigenvalue weighted by atomic mass is 31.2. The fourth-order valence-electron chi connectivity index (χ4n) is 4.06. The number of unbranched alkanes of at least 4 members (excludes halogenated alkanes) is 14. The molecule has 0 saturated heterocycles. The van der Waals surface area contributed by atoms with E-state index in [1.807, 2.05) is 28.1 Å². The average Bonchev–Trinajstić information content (AvgIpc) is 2.87. The Kier molecular flexibility index (Phi) is 24.0. The van der Waals surface area contributed by atoms with E-state index in [2.05, 4.69) is 6.92 Å². The van der Waals surface area contributed by atoms with Crippen LogP contribution in [0.15, 0.2) is 0 Å². The van der Waals surface area contributed by atoms with Crippen molar-refractivity contribution in [2.45, 2.75) is 136 Å². The van der Waals surface area contributed by atoms with Crippen molar-refractivity contribution in [2.24, 2.45) is 0 Å². The van der Waals surface area contributed by atoms with Crippen molar-refractivity contribution in [3.05, 3.63) is 0 Å². The van der Waals surface area contributed by atoms with E-state index in [1.54, 1.807) is 0 Å². The second-order valence-electron chi connectivity index (χ2n) is 11.8. The number of phosphoric ester groups is 1. The number of nitrogens with zero attached hydrogens (tertiary/aromatic N) is 1. The Labute approximate surface area is 244 Å². The van der Waals surface area contributed by atoms with Crippen molar-refractivity contribution >= 4 is 19.8 Å². The van der Waals surface area contributed by atoms with Crippen molar-refractivity contribution in [3.63, 3.8) is 0 Å². The molecular formula is C30H60NO8P. The summed E-state index contributed by atoms with van der Waals surface area (Å²) < 4.78 is 33.2. The standard InChI is InChI=1S/C30H60NO8P/c1-6-8-10-11-12-13-14-15-16-17-18-19-21-22-29(32)36-26-28(39-30(33)23-20-9-7-2)27-38-40(34,35)37-25-24-31(3,4)5/h28H,6-27H2,1-5H3/t28-/m0/s1. The molecule has 0 aliphatic rings. The van der Waals surface area contributed by atoms with E-state index in [-0.39, 0.29) is 32.0 Å². The van der Waals surface area contributed by atoms with Crippen molar-refractivity contribution in [2.75, 3.05) is 47.5 Å². The lowest BCUT2D eigenvalue weighted by atomic mass is 10.0. The molecule has 0 aromatic carbocycles. The molecule has 0 rings (SSSR count). The van der Waals surface area contributed by atoms with Gasteiger partial charge in [-0.3, -0.25) is 14.2 Å². The first-order valence-corrected chi connectivity index (χ1v) is 17.2. The third kappa shape index (κ3) is 27.2. The second kappa shape index (κ2) is 24.6. The molecule has 0 fully saturated rings. The van der Waals surface area contributed by atoms with Crippen molar-refractivity contribution in [3.8, 4) is 0 Å². The van der Waals surface area contributed by atoms with E-state index in [4.69, 9.17) is 18.5 Å². The van der Waals surface area contributed by atoms with Gasteiger partial charge in [-0.25, -0.2) is 0 Å². The summed E-state index contributed by atoms with van der Waals surface area (Å²) in [4.78, 5) is 36.6. The number of carbonyl (C=O) groups excluding carboxylic acids is 2. The molecule has 0 heterocycles. The molecule has 238 valence electrons. The van der Waals surface area contributed by atoms with E-state index in [0.29, 0.717) is 17.4 Å². The smallest absolute Gasteiger partial charge is 0.306 e. The first kappa shape index (κ1) is 39.0. The molecule has 0 spiro atoms. The highest BCUT2D eigenvalue weighted by molar-refractivity contribution is 7.45. The van der Waals surface area contributed by atoms with Gasteiger partial charge in [0.15, 0.2) is 6.10 Å². The zero-order valence-corrected chi connectivity index (χ0v) is 27.2. The van der Waals surface area contributed by atoms with Gasteiger partial charge >= 0.3 is 11.9 Å². The summed E-state index contributed by atoms with van der Waals surface area (Å²) in [6.45, 7) is 4.01. The summed E-state index contributed by atoms with van der Waals surface area (Å²) in [6.07, 6.45) is 17.9. The zero-order valence-electron chi connectivity index (χ0n) is 26.3. The number of rotatable bonds is 28. The van der Waals surface area contributed by atoms with Gasteiger partial charge in [0, 0.05) is 12.8 Å². The molecular weight excluding hydrogens is 533 g/mol.